The molecule has 0 amide bonds. The Morgan fingerprint density at radius 3 is 2.43 bits per heavy atom. The van der Waals surface area contributed by atoms with Crippen LogP contribution < -0.4 is 0 Å². The molecule has 0 aromatic rings. The highest BCUT2D eigenvalue weighted by Gasteiger charge is 2.58. The summed E-state index contributed by atoms with van der Waals surface area (Å²) in [5, 5.41) is 0. The smallest absolute Gasteiger partial charge is 0.190 e. The third-order valence-corrected chi connectivity index (χ3v) is 4.17. The van der Waals surface area contributed by atoms with Crippen LogP contribution in [-0.2, 0) is 28.4 Å². The van der Waals surface area contributed by atoms with Gasteiger partial charge in [0.05, 0.1) is 12.5 Å². The van der Waals surface area contributed by atoms with Crippen molar-refractivity contribution in [3.8, 4) is 0 Å². The van der Waals surface area contributed by atoms with E-state index in [4.69, 9.17) is 28.4 Å². The molecule has 122 valence electrons. The fourth-order valence-electron chi connectivity index (χ4n) is 3.02. The number of fused-ring (bicyclic) bond motifs is 1. The van der Waals surface area contributed by atoms with Crippen molar-refractivity contribution in [1.82, 2.24) is 0 Å². The van der Waals surface area contributed by atoms with Crippen molar-refractivity contribution in [2.75, 3.05) is 18.8 Å². The second-order valence-corrected chi connectivity index (χ2v) is 7.29. The quantitative estimate of drug-likeness (QED) is 0.731. The summed E-state index contributed by atoms with van der Waals surface area (Å²) in [7, 11) is 0. The fraction of sp³-hybridized carbons (Fsp3) is 1.00. The lowest BCUT2D eigenvalue weighted by molar-refractivity contribution is -0.234. The minimum absolute atomic E-state index is 0.173. The van der Waals surface area contributed by atoms with E-state index in [0.717, 1.165) is 0 Å². The Kier molecular flexibility index (Phi) is 4.29. The molecule has 0 saturated carbocycles. The van der Waals surface area contributed by atoms with Gasteiger partial charge in [0.1, 0.15) is 24.4 Å². The van der Waals surface area contributed by atoms with Gasteiger partial charge in [-0.3, -0.25) is 0 Å². The van der Waals surface area contributed by atoms with Crippen molar-refractivity contribution in [2.24, 2.45) is 0 Å². The van der Waals surface area contributed by atoms with Crippen molar-refractivity contribution in [3.05, 3.63) is 0 Å². The second kappa shape index (κ2) is 5.63. The van der Waals surface area contributed by atoms with E-state index in [1.54, 1.807) is 11.8 Å². The van der Waals surface area contributed by atoms with Crippen LogP contribution in [0.25, 0.3) is 0 Å². The summed E-state index contributed by atoms with van der Waals surface area (Å²) < 4.78 is 35.3. The largest absolute Gasteiger partial charge is 0.362 e. The summed E-state index contributed by atoms with van der Waals surface area (Å²) in [5.74, 6) is -0.654. The van der Waals surface area contributed by atoms with E-state index in [1.165, 1.54) is 0 Å². The van der Waals surface area contributed by atoms with Crippen LogP contribution in [-0.4, -0.2) is 61.1 Å². The highest BCUT2D eigenvalue weighted by atomic mass is 32.2. The molecule has 3 aliphatic rings. The maximum atomic E-state index is 6.02. The molecule has 0 unspecified atom stereocenters. The predicted octanol–water partition coefficient (Wildman–Crippen LogP) is 1.72. The van der Waals surface area contributed by atoms with Crippen molar-refractivity contribution >= 4 is 11.8 Å². The zero-order valence-electron chi connectivity index (χ0n) is 13.2. The van der Waals surface area contributed by atoms with E-state index in [2.05, 4.69) is 0 Å². The van der Waals surface area contributed by atoms with Gasteiger partial charge in [-0.2, -0.15) is 0 Å². The van der Waals surface area contributed by atoms with Crippen LogP contribution in [0.5, 0.6) is 0 Å². The highest BCUT2D eigenvalue weighted by molar-refractivity contribution is 7.98. The normalized spacial score (nSPS) is 44.1. The lowest BCUT2D eigenvalue weighted by Crippen LogP contribution is -2.44. The van der Waals surface area contributed by atoms with Gasteiger partial charge >= 0.3 is 0 Å². The molecule has 21 heavy (non-hydrogen) atoms. The van der Waals surface area contributed by atoms with Gasteiger partial charge in [-0.15, -0.1) is 11.8 Å². The Morgan fingerprint density at radius 2 is 1.81 bits per heavy atom. The summed E-state index contributed by atoms with van der Waals surface area (Å²) in [6, 6.07) is 0. The molecule has 0 aromatic heterocycles. The molecule has 0 N–H and O–H groups in total. The molecule has 0 spiro atoms. The van der Waals surface area contributed by atoms with E-state index in [1.807, 2.05) is 34.0 Å². The Hall–Kier alpha value is 0.110. The zero-order valence-corrected chi connectivity index (χ0v) is 14.0. The predicted molar refractivity (Wildman–Crippen MR) is 76.9 cm³/mol. The topological polar surface area (TPSA) is 55.4 Å². The molecule has 6 nitrogen and oxygen atoms in total. The summed E-state index contributed by atoms with van der Waals surface area (Å²) in [4.78, 5) is 0. The molecular weight excluding hydrogens is 296 g/mol. The molecule has 3 fully saturated rings. The van der Waals surface area contributed by atoms with Crippen LogP contribution in [0, 0.1) is 0 Å². The van der Waals surface area contributed by atoms with E-state index < -0.39 is 17.9 Å². The molecule has 0 aromatic carbocycles. The lowest BCUT2D eigenvalue weighted by atomic mass is 10.1. The number of thioether (sulfide) groups is 1. The first-order valence-corrected chi connectivity index (χ1v) is 8.64. The van der Waals surface area contributed by atoms with Gasteiger partial charge in [0.2, 0.25) is 0 Å². The van der Waals surface area contributed by atoms with E-state index >= 15 is 0 Å². The van der Waals surface area contributed by atoms with E-state index in [9.17, 15) is 0 Å². The third kappa shape index (κ3) is 3.24. The molecule has 0 radical (unpaired) electrons. The third-order valence-electron chi connectivity index (χ3n) is 3.80. The Bertz CT molecular complexity index is 388. The lowest BCUT2D eigenvalue weighted by Gasteiger charge is -2.28. The highest BCUT2D eigenvalue weighted by Crippen LogP contribution is 2.42. The molecule has 7 heteroatoms. The SMILES string of the molecule is CSCO[C@@H]1[C@H]2OC(C)(C)O[C@H]2O[C@@H]1[C@H]1COC(C)(C)O1. The molecule has 3 aliphatic heterocycles. The van der Waals surface area contributed by atoms with Crippen LogP contribution >= 0.6 is 11.8 Å². The first-order valence-electron chi connectivity index (χ1n) is 7.25. The maximum absolute atomic E-state index is 6.02. The molecule has 0 bridgehead atoms. The average Bonchev–Trinajstić information content (AvgIpc) is 2.96. The van der Waals surface area contributed by atoms with Crippen molar-refractivity contribution in [2.45, 2.75) is 70.0 Å². The molecule has 0 aliphatic carbocycles. The summed E-state index contributed by atoms with van der Waals surface area (Å²) in [6.45, 7) is 8.05. The molecule has 3 saturated heterocycles. The van der Waals surface area contributed by atoms with Crippen LogP contribution in [0.3, 0.4) is 0 Å². The van der Waals surface area contributed by atoms with Gasteiger partial charge in [-0.25, -0.2) is 0 Å². The van der Waals surface area contributed by atoms with Crippen molar-refractivity contribution in [1.29, 1.82) is 0 Å². The van der Waals surface area contributed by atoms with Gasteiger partial charge in [-0.1, -0.05) is 0 Å². The van der Waals surface area contributed by atoms with Gasteiger partial charge in [0.15, 0.2) is 17.9 Å². The Labute approximate surface area is 129 Å². The maximum Gasteiger partial charge on any atom is 0.190 e. The minimum Gasteiger partial charge on any atom is -0.362 e. The van der Waals surface area contributed by atoms with Crippen LogP contribution in [0.1, 0.15) is 27.7 Å². The molecule has 5 atom stereocenters. The summed E-state index contributed by atoms with van der Waals surface area (Å²) >= 11 is 1.62. The fourth-order valence-corrected chi connectivity index (χ4v) is 3.31. The second-order valence-electron chi connectivity index (χ2n) is 6.47. The van der Waals surface area contributed by atoms with Gasteiger partial charge in [0.25, 0.3) is 0 Å². The van der Waals surface area contributed by atoms with E-state index in [-0.39, 0.29) is 24.4 Å². The molecular formula is C14H24O6S. The number of ether oxygens (including phenoxy) is 6. The zero-order chi connectivity index (χ0) is 15.3. The number of hydrogen-bond donors (Lipinski definition) is 0. The van der Waals surface area contributed by atoms with Gasteiger partial charge in [-0.05, 0) is 34.0 Å². The average molecular weight is 320 g/mol. The summed E-state index contributed by atoms with van der Waals surface area (Å²) in [5.41, 5.74) is 0. The minimum atomic E-state index is -0.645. The van der Waals surface area contributed by atoms with Crippen LogP contribution in [0.2, 0.25) is 0 Å². The summed E-state index contributed by atoms with van der Waals surface area (Å²) in [6.07, 6.45) is 0.717. The monoisotopic (exact) mass is 320 g/mol. The first kappa shape index (κ1) is 16.0. The standard InChI is InChI=1S/C14H24O6S/c1-13(2)16-6-8(18-13)9-10(15-7-21-5)11-12(17-9)20-14(3,4)19-11/h8-12H,6-7H2,1-5H3/t8-,9-,10+,11-,12-/m1/s1. The molecule has 3 heterocycles. The molecule has 3 rings (SSSR count). The van der Waals surface area contributed by atoms with Crippen molar-refractivity contribution < 1.29 is 28.4 Å². The van der Waals surface area contributed by atoms with Crippen LogP contribution in [0.4, 0.5) is 0 Å². The Balaban J connectivity index is 1.72. The van der Waals surface area contributed by atoms with Gasteiger partial charge in [0, 0.05) is 0 Å². The van der Waals surface area contributed by atoms with E-state index in [0.29, 0.717) is 12.5 Å². The Morgan fingerprint density at radius 1 is 1.05 bits per heavy atom. The van der Waals surface area contributed by atoms with Gasteiger partial charge < -0.3 is 28.4 Å². The first-order chi connectivity index (χ1) is 9.81. The number of hydrogen-bond acceptors (Lipinski definition) is 7. The van der Waals surface area contributed by atoms with Crippen LogP contribution in [0.15, 0.2) is 0 Å². The number of rotatable bonds is 4. The van der Waals surface area contributed by atoms with Crippen molar-refractivity contribution in [3.63, 3.8) is 0 Å².